The van der Waals surface area contributed by atoms with Crippen molar-refractivity contribution in [2.45, 2.75) is 6.92 Å². The molecule has 7 nitrogen and oxygen atoms in total. The number of esters is 1. The third-order valence-corrected chi connectivity index (χ3v) is 7.72. The highest BCUT2D eigenvalue weighted by atomic mass is 79.9. The van der Waals surface area contributed by atoms with Crippen LogP contribution in [-0.4, -0.2) is 37.7 Å². The van der Waals surface area contributed by atoms with Crippen molar-refractivity contribution in [3.8, 4) is 33.9 Å². The molecule has 0 atom stereocenters. The summed E-state index contributed by atoms with van der Waals surface area (Å²) in [4.78, 5) is 31.7. The molecule has 3 aromatic carbocycles. The van der Waals surface area contributed by atoms with Crippen LogP contribution in [0.1, 0.15) is 27.6 Å². The SMILES string of the molecule is CCOC(=O)c1c(-c2ccc(Br)cc2)csc1NC(=O)c1cc(-c2ccc(OC)c(OC)c2)nc2ccccc12. The third kappa shape index (κ3) is 5.43. The predicted molar refractivity (Wildman–Crippen MR) is 162 cm³/mol. The van der Waals surface area contributed by atoms with Crippen molar-refractivity contribution in [3.05, 3.63) is 93.8 Å². The van der Waals surface area contributed by atoms with Gasteiger partial charge < -0.3 is 19.5 Å². The highest BCUT2D eigenvalue weighted by Gasteiger charge is 2.24. The van der Waals surface area contributed by atoms with Crippen molar-refractivity contribution < 1.29 is 23.8 Å². The monoisotopic (exact) mass is 616 g/mol. The number of methoxy groups -OCH3 is 2. The fourth-order valence-electron chi connectivity index (χ4n) is 4.37. The van der Waals surface area contributed by atoms with Crippen LogP contribution < -0.4 is 14.8 Å². The van der Waals surface area contributed by atoms with Gasteiger partial charge in [0.2, 0.25) is 0 Å². The van der Waals surface area contributed by atoms with Crippen molar-refractivity contribution in [1.82, 2.24) is 4.98 Å². The molecule has 202 valence electrons. The quantitative estimate of drug-likeness (QED) is 0.179. The summed E-state index contributed by atoms with van der Waals surface area (Å²) in [5.74, 6) is 0.285. The summed E-state index contributed by atoms with van der Waals surface area (Å²) in [7, 11) is 3.14. The molecule has 40 heavy (non-hydrogen) atoms. The zero-order chi connectivity index (χ0) is 28.2. The van der Waals surface area contributed by atoms with Crippen LogP contribution in [0.4, 0.5) is 5.00 Å². The normalized spacial score (nSPS) is 10.8. The van der Waals surface area contributed by atoms with Crippen LogP contribution in [-0.2, 0) is 4.74 Å². The van der Waals surface area contributed by atoms with Gasteiger partial charge in [0.25, 0.3) is 5.91 Å². The molecule has 0 saturated heterocycles. The lowest BCUT2D eigenvalue weighted by Crippen LogP contribution is -2.15. The van der Waals surface area contributed by atoms with Gasteiger partial charge in [-0.2, -0.15) is 0 Å². The summed E-state index contributed by atoms with van der Waals surface area (Å²) in [5.41, 5.74) is 4.29. The van der Waals surface area contributed by atoms with Gasteiger partial charge >= 0.3 is 5.97 Å². The first-order valence-electron chi connectivity index (χ1n) is 12.4. The summed E-state index contributed by atoms with van der Waals surface area (Å²) in [5, 5.41) is 5.93. The molecular formula is C31H25BrN2O5S. The number of benzene rings is 3. The number of halogens is 1. The predicted octanol–water partition coefficient (Wildman–Crippen LogP) is 7.84. The number of thiophene rings is 1. The number of fused-ring (bicyclic) bond motifs is 1. The van der Waals surface area contributed by atoms with E-state index in [0.717, 1.165) is 15.6 Å². The lowest BCUT2D eigenvalue weighted by atomic mass is 10.0. The van der Waals surface area contributed by atoms with E-state index in [2.05, 4.69) is 21.2 Å². The molecule has 1 N–H and O–H groups in total. The van der Waals surface area contributed by atoms with Crippen LogP contribution in [0, 0.1) is 0 Å². The number of ether oxygens (including phenoxy) is 3. The fourth-order valence-corrected chi connectivity index (χ4v) is 5.59. The first-order valence-corrected chi connectivity index (χ1v) is 14.1. The molecule has 0 bridgehead atoms. The van der Waals surface area contributed by atoms with E-state index in [9.17, 15) is 9.59 Å². The van der Waals surface area contributed by atoms with E-state index in [1.807, 2.05) is 66.0 Å². The number of carbonyl (C=O) groups excluding carboxylic acids is 2. The minimum Gasteiger partial charge on any atom is -0.493 e. The van der Waals surface area contributed by atoms with Crippen LogP contribution in [0.5, 0.6) is 11.5 Å². The minimum atomic E-state index is -0.498. The molecule has 0 aliphatic heterocycles. The van der Waals surface area contributed by atoms with Crippen LogP contribution in [0.3, 0.4) is 0 Å². The smallest absolute Gasteiger partial charge is 0.341 e. The highest BCUT2D eigenvalue weighted by Crippen LogP contribution is 2.38. The number of anilines is 1. The van der Waals surface area contributed by atoms with Crippen LogP contribution >= 0.6 is 27.3 Å². The standard InChI is InChI=1S/C31H25BrN2O5S/c1-4-39-31(36)28-23(18-9-12-20(32)13-10-18)17-40-30(28)34-29(35)22-16-25(33-24-8-6-5-7-21(22)24)19-11-14-26(37-2)27(15-19)38-3/h5-17H,4H2,1-3H3,(H,34,35). The van der Waals surface area contributed by atoms with Gasteiger partial charge in [0.05, 0.1) is 37.6 Å². The first kappa shape index (κ1) is 27.4. The largest absolute Gasteiger partial charge is 0.493 e. The summed E-state index contributed by atoms with van der Waals surface area (Å²) < 4.78 is 17.1. The molecule has 5 aromatic rings. The summed E-state index contributed by atoms with van der Waals surface area (Å²) in [6, 6.07) is 22.3. The second kappa shape index (κ2) is 11.9. The Bertz CT molecular complexity index is 1720. The average molecular weight is 618 g/mol. The number of pyridine rings is 1. The Labute approximate surface area is 243 Å². The number of nitrogens with zero attached hydrogens (tertiary/aromatic N) is 1. The Morgan fingerprint density at radius 3 is 2.38 bits per heavy atom. The second-order valence-corrected chi connectivity index (χ2v) is 10.5. The number of hydrogen-bond acceptors (Lipinski definition) is 7. The molecule has 0 spiro atoms. The van der Waals surface area contributed by atoms with Gasteiger partial charge in [0.1, 0.15) is 10.6 Å². The van der Waals surface area contributed by atoms with E-state index in [0.29, 0.717) is 49.8 Å². The number of carbonyl (C=O) groups is 2. The number of amides is 1. The minimum absolute atomic E-state index is 0.214. The number of nitrogens with one attached hydrogen (secondary N) is 1. The maximum Gasteiger partial charge on any atom is 0.341 e. The van der Waals surface area contributed by atoms with Crippen molar-refractivity contribution >= 4 is 55.0 Å². The van der Waals surface area contributed by atoms with E-state index < -0.39 is 5.97 Å². The van der Waals surface area contributed by atoms with Crippen LogP contribution in [0.2, 0.25) is 0 Å². The maximum atomic E-state index is 13.8. The first-order chi connectivity index (χ1) is 19.4. The van der Waals surface area contributed by atoms with Crippen molar-refractivity contribution in [2.75, 3.05) is 26.1 Å². The second-order valence-electron chi connectivity index (χ2n) is 8.68. The lowest BCUT2D eigenvalue weighted by Gasteiger charge is -2.13. The van der Waals surface area contributed by atoms with Gasteiger partial charge in [-0.1, -0.05) is 46.3 Å². The molecule has 0 radical (unpaired) electrons. The van der Waals surface area contributed by atoms with Gasteiger partial charge in [-0.15, -0.1) is 11.3 Å². The summed E-state index contributed by atoms with van der Waals surface area (Å²) in [6.45, 7) is 1.96. The zero-order valence-electron chi connectivity index (χ0n) is 22.0. The van der Waals surface area contributed by atoms with Crippen LogP contribution in [0.15, 0.2) is 82.6 Å². The Morgan fingerprint density at radius 1 is 0.925 bits per heavy atom. The molecule has 9 heteroatoms. The van der Waals surface area contributed by atoms with Gasteiger partial charge in [-0.25, -0.2) is 9.78 Å². The average Bonchev–Trinajstić information content (AvgIpc) is 3.40. The Morgan fingerprint density at radius 2 is 1.65 bits per heavy atom. The van der Waals surface area contributed by atoms with Gasteiger partial charge in [0, 0.05) is 26.4 Å². The Hall–Kier alpha value is -4.21. The molecule has 0 saturated carbocycles. The van der Waals surface area contributed by atoms with Gasteiger partial charge in [-0.3, -0.25) is 4.79 Å². The van der Waals surface area contributed by atoms with Crippen LogP contribution in [0.25, 0.3) is 33.3 Å². The van der Waals surface area contributed by atoms with E-state index in [1.165, 1.54) is 11.3 Å². The molecule has 1 amide bonds. The molecule has 0 aliphatic rings. The van der Waals surface area contributed by atoms with E-state index in [1.54, 1.807) is 33.3 Å². The number of para-hydroxylation sites is 1. The Kier molecular flexibility index (Phi) is 8.14. The molecule has 2 aromatic heterocycles. The number of rotatable bonds is 8. The molecule has 5 rings (SSSR count). The van der Waals surface area contributed by atoms with E-state index in [-0.39, 0.29) is 12.5 Å². The maximum absolute atomic E-state index is 13.8. The zero-order valence-corrected chi connectivity index (χ0v) is 24.4. The topological polar surface area (TPSA) is 86.8 Å². The van der Waals surface area contributed by atoms with Crippen molar-refractivity contribution in [1.29, 1.82) is 0 Å². The molecule has 0 fully saturated rings. The lowest BCUT2D eigenvalue weighted by molar-refractivity contribution is 0.0529. The number of aromatic nitrogens is 1. The third-order valence-electron chi connectivity index (χ3n) is 6.29. The Balaban J connectivity index is 1.58. The summed E-state index contributed by atoms with van der Waals surface area (Å²) in [6.07, 6.45) is 0. The fraction of sp³-hybridized carbons (Fsp3) is 0.129. The summed E-state index contributed by atoms with van der Waals surface area (Å²) >= 11 is 4.72. The van der Waals surface area contributed by atoms with Gasteiger partial charge in [-0.05, 0) is 55.0 Å². The molecule has 2 heterocycles. The number of hydrogen-bond donors (Lipinski definition) is 1. The van der Waals surface area contributed by atoms with E-state index in [4.69, 9.17) is 19.2 Å². The molecule has 0 unspecified atom stereocenters. The van der Waals surface area contributed by atoms with Gasteiger partial charge in [0.15, 0.2) is 11.5 Å². The van der Waals surface area contributed by atoms with E-state index >= 15 is 0 Å². The molecule has 0 aliphatic carbocycles. The van der Waals surface area contributed by atoms with Crippen molar-refractivity contribution in [3.63, 3.8) is 0 Å². The molecular weight excluding hydrogens is 592 g/mol. The van der Waals surface area contributed by atoms with Crippen molar-refractivity contribution in [2.24, 2.45) is 0 Å². The highest BCUT2D eigenvalue weighted by molar-refractivity contribution is 9.10.